The van der Waals surface area contributed by atoms with E-state index in [0.717, 1.165) is 6.20 Å². The molecule has 1 aliphatic heterocycles. The van der Waals surface area contributed by atoms with Crippen LogP contribution in [0.3, 0.4) is 0 Å². The summed E-state index contributed by atoms with van der Waals surface area (Å²) in [6.07, 6.45) is -3.30. The Balaban J connectivity index is 1.49. The topological polar surface area (TPSA) is 57.7 Å². The van der Waals surface area contributed by atoms with Gasteiger partial charge in [-0.3, -0.25) is 19.6 Å². The first-order valence-electron chi connectivity index (χ1n) is 9.25. The van der Waals surface area contributed by atoms with Crippen molar-refractivity contribution in [1.82, 2.24) is 14.8 Å². The number of rotatable bonds is 6. The van der Waals surface area contributed by atoms with Crippen molar-refractivity contribution >= 4 is 11.6 Å². The van der Waals surface area contributed by atoms with Crippen molar-refractivity contribution in [2.24, 2.45) is 0 Å². The van der Waals surface area contributed by atoms with Gasteiger partial charge in [0.2, 0.25) is 5.91 Å². The van der Waals surface area contributed by atoms with Gasteiger partial charge in [0.15, 0.2) is 0 Å². The molecule has 0 radical (unpaired) electrons. The van der Waals surface area contributed by atoms with Gasteiger partial charge in [0.1, 0.15) is 11.4 Å². The highest BCUT2D eigenvalue weighted by molar-refractivity contribution is 5.92. The van der Waals surface area contributed by atoms with E-state index in [1.165, 1.54) is 12.1 Å². The molecule has 0 unspecified atom stereocenters. The molecule has 1 aliphatic rings. The highest BCUT2D eigenvalue weighted by atomic mass is 19.4. The van der Waals surface area contributed by atoms with E-state index in [-0.39, 0.29) is 24.6 Å². The van der Waals surface area contributed by atoms with E-state index < -0.39 is 11.9 Å². The first-order chi connectivity index (χ1) is 13.8. The first-order valence-corrected chi connectivity index (χ1v) is 9.25. The Kier molecular flexibility index (Phi) is 6.71. The maximum absolute atomic E-state index is 13.1. The average molecular weight is 408 g/mol. The van der Waals surface area contributed by atoms with Gasteiger partial charge in [-0.2, -0.15) is 13.2 Å². The summed E-state index contributed by atoms with van der Waals surface area (Å²) in [5, 5.41) is 2.83. The molecular weight excluding hydrogens is 385 g/mol. The number of pyridine rings is 1. The SMILES string of the molecule is COc1cccc(NC(=O)CN2CCN(Cc3cccnc3C(F)(F)F)CC2)c1. The summed E-state index contributed by atoms with van der Waals surface area (Å²) < 4.78 is 44.4. The van der Waals surface area contributed by atoms with Crippen molar-refractivity contribution in [2.75, 3.05) is 45.2 Å². The number of anilines is 1. The van der Waals surface area contributed by atoms with E-state index in [2.05, 4.69) is 10.3 Å². The Morgan fingerprint density at radius 3 is 2.55 bits per heavy atom. The largest absolute Gasteiger partial charge is 0.497 e. The molecule has 1 aromatic heterocycles. The first kappa shape index (κ1) is 21.1. The summed E-state index contributed by atoms with van der Waals surface area (Å²) in [5.41, 5.74) is -0.00596. The number of hydrogen-bond acceptors (Lipinski definition) is 5. The van der Waals surface area contributed by atoms with E-state index >= 15 is 0 Å². The molecule has 2 heterocycles. The number of hydrogen-bond donors (Lipinski definition) is 1. The zero-order chi connectivity index (χ0) is 20.9. The van der Waals surface area contributed by atoms with Crippen LogP contribution >= 0.6 is 0 Å². The zero-order valence-corrected chi connectivity index (χ0v) is 16.1. The molecule has 3 rings (SSSR count). The number of methoxy groups -OCH3 is 1. The van der Waals surface area contributed by atoms with Gasteiger partial charge < -0.3 is 10.1 Å². The van der Waals surface area contributed by atoms with Crippen LogP contribution in [0.4, 0.5) is 18.9 Å². The highest BCUT2D eigenvalue weighted by Gasteiger charge is 2.35. The Labute approximate surface area is 167 Å². The Morgan fingerprint density at radius 2 is 1.86 bits per heavy atom. The van der Waals surface area contributed by atoms with Gasteiger partial charge in [-0.05, 0) is 23.8 Å². The van der Waals surface area contributed by atoms with E-state index in [1.54, 1.807) is 31.4 Å². The van der Waals surface area contributed by atoms with Crippen molar-refractivity contribution in [1.29, 1.82) is 0 Å². The number of ether oxygens (including phenoxy) is 1. The minimum atomic E-state index is -4.46. The van der Waals surface area contributed by atoms with Crippen LogP contribution in [0.25, 0.3) is 0 Å². The number of aromatic nitrogens is 1. The van der Waals surface area contributed by atoms with Gasteiger partial charge in [-0.15, -0.1) is 0 Å². The molecule has 0 spiro atoms. The molecule has 1 fully saturated rings. The second-order valence-electron chi connectivity index (χ2n) is 6.84. The molecule has 0 bridgehead atoms. The molecule has 1 N–H and O–H groups in total. The zero-order valence-electron chi connectivity index (χ0n) is 16.1. The Morgan fingerprint density at radius 1 is 1.14 bits per heavy atom. The molecule has 0 aliphatic carbocycles. The number of alkyl halides is 3. The summed E-state index contributed by atoms with van der Waals surface area (Å²) in [6, 6.07) is 10.1. The minimum Gasteiger partial charge on any atom is -0.497 e. The Hall–Kier alpha value is -2.65. The van der Waals surface area contributed by atoms with E-state index in [9.17, 15) is 18.0 Å². The van der Waals surface area contributed by atoms with Crippen LogP contribution < -0.4 is 10.1 Å². The van der Waals surface area contributed by atoms with Crippen LogP contribution in [0.2, 0.25) is 0 Å². The maximum Gasteiger partial charge on any atom is 0.433 e. The third-order valence-electron chi connectivity index (χ3n) is 4.74. The summed E-state index contributed by atoms with van der Waals surface area (Å²) in [4.78, 5) is 19.7. The molecule has 6 nitrogen and oxygen atoms in total. The fraction of sp³-hybridized carbons (Fsp3) is 0.400. The standard InChI is InChI=1S/C20H23F3N4O2/c1-29-17-6-2-5-16(12-17)25-18(28)14-27-10-8-26(9-11-27)13-15-4-3-7-24-19(15)20(21,22)23/h2-7,12H,8-11,13-14H2,1H3,(H,25,28). The van der Waals surface area contributed by atoms with Crippen molar-refractivity contribution in [3.63, 3.8) is 0 Å². The number of nitrogens with zero attached hydrogens (tertiary/aromatic N) is 3. The fourth-order valence-electron chi connectivity index (χ4n) is 3.27. The third kappa shape index (κ3) is 5.91. The normalized spacial score (nSPS) is 15.9. The van der Waals surface area contributed by atoms with Crippen LogP contribution in [0.15, 0.2) is 42.6 Å². The molecule has 2 aromatic rings. The summed E-state index contributed by atoms with van der Waals surface area (Å²) in [5.74, 6) is 0.517. The number of amides is 1. The lowest BCUT2D eigenvalue weighted by Crippen LogP contribution is -2.48. The van der Waals surface area contributed by atoms with Gasteiger partial charge in [-0.25, -0.2) is 0 Å². The maximum atomic E-state index is 13.1. The molecule has 0 atom stereocenters. The van der Waals surface area contributed by atoms with Crippen LogP contribution in [0.1, 0.15) is 11.3 Å². The van der Waals surface area contributed by atoms with E-state index in [0.29, 0.717) is 37.6 Å². The lowest BCUT2D eigenvalue weighted by Gasteiger charge is -2.34. The molecule has 0 saturated carbocycles. The number of carbonyl (C=O) groups is 1. The second-order valence-corrected chi connectivity index (χ2v) is 6.84. The quantitative estimate of drug-likeness (QED) is 0.797. The van der Waals surface area contributed by atoms with Crippen molar-refractivity contribution in [3.8, 4) is 5.75 Å². The predicted molar refractivity (Wildman–Crippen MR) is 103 cm³/mol. The van der Waals surface area contributed by atoms with Gasteiger partial charge in [0, 0.05) is 50.7 Å². The lowest BCUT2D eigenvalue weighted by molar-refractivity contribution is -0.142. The minimum absolute atomic E-state index is 0.140. The number of carbonyl (C=O) groups excluding carboxylic acids is 1. The van der Waals surface area contributed by atoms with Crippen molar-refractivity contribution < 1.29 is 22.7 Å². The summed E-state index contributed by atoms with van der Waals surface area (Å²) in [7, 11) is 1.56. The number of benzene rings is 1. The summed E-state index contributed by atoms with van der Waals surface area (Å²) >= 11 is 0. The highest BCUT2D eigenvalue weighted by Crippen LogP contribution is 2.30. The number of piperazine rings is 1. The molecule has 1 saturated heterocycles. The van der Waals surface area contributed by atoms with Gasteiger partial charge >= 0.3 is 6.18 Å². The average Bonchev–Trinajstić information content (AvgIpc) is 2.69. The number of halogens is 3. The van der Waals surface area contributed by atoms with Gasteiger partial charge in [0.25, 0.3) is 0 Å². The molecular formula is C20H23F3N4O2. The molecule has 29 heavy (non-hydrogen) atoms. The Bertz CT molecular complexity index is 836. The van der Waals surface area contributed by atoms with Gasteiger partial charge in [-0.1, -0.05) is 12.1 Å². The number of nitrogens with one attached hydrogen (secondary N) is 1. The predicted octanol–water partition coefficient (Wildman–Crippen LogP) is 2.87. The van der Waals surface area contributed by atoms with Crippen molar-refractivity contribution in [2.45, 2.75) is 12.7 Å². The second kappa shape index (κ2) is 9.23. The van der Waals surface area contributed by atoms with Crippen LogP contribution in [-0.4, -0.2) is 60.5 Å². The summed E-state index contributed by atoms with van der Waals surface area (Å²) in [6.45, 7) is 2.79. The monoisotopic (exact) mass is 408 g/mol. The molecule has 1 amide bonds. The van der Waals surface area contributed by atoms with E-state index in [1.807, 2.05) is 9.80 Å². The van der Waals surface area contributed by atoms with E-state index in [4.69, 9.17) is 4.74 Å². The van der Waals surface area contributed by atoms with Crippen LogP contribution in [0.5, 0.6) is 5.75 Å². The van der Waals surface area contributed by atoms with Crippen LogP contribution in [0, 0.1) is 0 Å². The molecule has 1 aromatic carbocycles. The smallest absolute Gasteiger partial charge is 0.433 e. The lowest BCUT2D eigenvalue weighted by atomic mass is 10.1. The van der Waals surface area contributed by atoms with Crippen LogP contribution in [-0.2, 0) is 17.5 Å². The third-order valence-corrected chi connectivity index (χ3v) is 4.74. The molecule has 156 valence electrons. The van der Waals surface area contributed by atoms with Gasteiger partial charge in [0.05, 0.1) is 13.7 Å². The van der Waals surface area contributed by atoms with Crippen molar-refractivity contribution in [3.05, 3.63) is 53.9 Å². The molecule has 9 heteroatoms. The fourth-order valence-corrected chi connectivity index (χ4v) is 3.27.